The van der Waals surface area contributed by atoms with Crippen LogP contribution in [0, 0.1) is 13.8 Å². The highest BCUT2D eigenvalue weighted by molar-refractivity contribution is 7.12. The summed E-state index contributed by atoms with van der Waals surface area (Å²) in [7, 11) is 0. The molecule has 88 valence electrons. The molecule has 2 heteroatoms. The highest BCUT2D eigenvalue weighted by atomic mass is 32.1. The molecule has 0 spiro atoms. The molecule has 1 aromatic heterocycles. The molecule has 1 aromatic carbocycles. The maximum Gasteiger partial charge on any atom is 0.173 e. The van der Waals surface area contributed by atoms with E-state index in [0.717, 1.165) is 16.9 Å². The summed E-state index contributed by atoms with van der Waals surface area (Å²) in [5.41, 5.74) is 3.59. The predicted molar refractivity (Wildman–Crippen MR) is 72.9 cm³/mol. The molecule has 2 rings (SSSR count). The molecule has 0 aliphatic rings. The van der Waals surface area contributed by atoms with Crippen LogP contribution in [-0.2, 0) is 6.42 Å². The van der Waals surface area contributed by atoms with Crippen LogP contribution < -0.4 is 0 Å². The highest BCUT2D eigenvalue weighted by Crippen LogP contribution is 2.18. The van der Waals surface area contributed by atoms with E-state index < -0.39 is 0 Å². The molecule has 0 N–H and O–H groups in total. The third kappa shape index (κ3) is 3.04. The lowest BCUT2D eigenvalue weighted by atomic mass is 10.0. The fourth-order valence-corrected chi connectivity index (χ4v) is 2.68. The van der Waals surface area contributed by atoms with E-state index in [1.54, 1.807) is 11.3 Å². The quantitative estimate of drug-likeness (QED) is 0.737. The van der Waals surface area contributed by atoms with Crippen molar-refractivity contribution >= 4 is 17.1 Å². The van der Waals surface area contributed by atoms with Gasteiger partial charge in [-0.25, -0.2) is 0 Å². The summed E-state index contributed by atoms with van der Waals surface area (Å²) in [5.74, 6) is 0.262. The van der Waals surface area contributed by atoms with Gasteiger partial charge in [-0.3, -0.25) is 4.79 Å². The summed E-state index contributed by atoms with van der Waals surface area (Å²) < 4.78 is 0. The Labute approximate surface area is 106 Å². The summed E-state index contributed by atoms with van der Waals surface area (Å²) in [5, 5.41) is 1.98. The van der Waals surface area contributed by atoms with Gasteiger partial charge in [0.1, 0.15) is 0 Å². The third-order valence-electron chi connectivity index (χ3n) is 2.88. The molecule has 0 saturated carbocycles. The minimum Gasteiger partial charge on any atom is -0.293 e. The summed E-state index contributed by atoms with van der Waals surface area (Å²) in [4.78, 5) is 12.9. The molecule has 17 heavy (non-hydrogen) atoms. The number of Topliss-reactive ketones (excluding diaryl/α,β-unsaturated/α-hetero) is 1. The van der Waals surface area contributed by atoms with Crippen LogP contribution in [0.15, 0.2) is 35.7 Å². The molecule has 0 fully saturated rings. The molecular weight excluding hydrogens is 228 g/mol. The number of benzene rings is 1. The van der Waals surface area contributed by atoms with Crippen molar-refractivity contribution in [3.63, 3.8) is 0 Å². The maximum absolute atomic E-state index is 12.0. The Morgan fingerprint density at radius 2 is 1.82 bits per heavy atom. The molecule has 0 bridgehead atoms. The Bertz CT molecular complexity index is 508. The summed E-state index contributed by atoms with van der Waals surface area (Å²) in [6, 6.07) is 10.4. The minimum atomic E-state index is 0.262. The Balaban J connectivity index is 1.97. The first-order chi connectivity index (χ1) is 8.16. The number of thiophene rings is 1. The Morgan fingerprint density at radius 1 is 1.12 bits per heavy atom. The largest absolute Gasteiger partial charge is 0.293 e. The van der Waals surface area contributed by atoms with E-state index in [1.807, 2.05) is 18.4 Å². The first-order valence-corrected chi connectivity index (χ1v) is 6.67. The van der Waals surface area contributed by atoms with Crippen molar-refractivity contribution in [2.45, 2.75) is 26.7 Å². The fourth-order valence-electron chi connectivity index (χ4n) is 1.78. The van der Waals surface area contributed by atoms with Gasteiger partial charge < -0.3 is 0 Å². The van der Waals surface area contributed by atoms with Crippen molar-refractivity contribution in [3.05, 3.63) is 57.3 Å². The van der Waals surface area contributed by atoms with E-state index in [4.69, 9.17) is 0 Å². The summed E-state index contributed by atoms with van der Waals surface area (Å²) in [6.07, 6.45) is 1.43. The molecule has 0 radical (unpaired) electrons. The molecule has 0 amide bonds. The molecule has 0 atom stereocenters. The second kappa shape index (κ2) is 5.28. The zero-order valence-electron chi connectivity index (χ0n) is 10.2. The Hall–Kier alpha value is -1.41. The lowest BCUT2D eigenvalue weighted by molar-refractivity contribution is 0.0986. The zero-order chi connectivity index (χ0) is 12.3. The predicted octanol–water partition coefficient (Wildman–Crippen LogP) is 4.18. The van der Waals surface area contributed by atoms with Crippen LogP contribution in [0.25, 0.3) is 0 Å². The number of carbonyl (C=O) groups is 1. The molecule has 0 saturated heterocycles. The average molecular weight is 244 g/mol. The van der Waals surface area contributed by atoms with Crippen molar-refractivity contribution in [1.29, 1.82) is 0 Å². The van der Waals surface area contributed by atoms with Crippen molar-refractivity contribution < 1.29 is 4.79 Å². The minimum absolute atomic E-state index is 0.262. The Morgan fingerprint density at radius 3 is 2.41 bits per heavy atom. The number of hydrogen-bond acceptors (Lipinski definition) is 2. The van der Waals surface area contributed by atoms with Gasteiger partial charge in [0.05, 0.1) is 4.88 Å². The molecule has 2 aromatic rings. The fraction of sp³-hybridized carbons (Fsp3) is 0.267. The van der Waals surface area contributed by atoms with Gasteiger partial charge in [0, 0.05) is 6.42 Å². The molecule has 1 nitrogen and oxygen atoms in total. The number of hydrogen-bond donors (Lipinski definition) is 0. The molecule has 0 unspecified atom stereocenters. The molecule has 0 aliphatic heterocycles. The van der Waals surface area contributed by atoms with Gasteiger partial charge >= 0.3 is 0 Å². The smallest absolute Gasteiger partial charge is 0.173 e. The van der Waals surface area contributed by atoms with Crippen LogP contribution in [-0.4, -0.2) is 5.78 Å². The van der Waals surface area contributed by atoms with E-state index >= 15 is 0 Å². The van der Waals surface area contributed by atoms with E-state index in [2.05, 4.69) is 31.2 Å². The number of aryl methyl sites for hydroxylation is 3. The third-order valence-corrected chi connectivity index (χ3v) is 3.93. The number of rotatable bonds is 4. The first kappa shape index (κ1) is 12.1. The normalized spacial score (nSPS) is 10.5. The van der Waals surface area contributed by atoms with Crippen LogP contribution >= 0.6 is 11.3 Å². The first-order valence-electron chi connectivity index (χ1n) is 5.79. The zero-order valence-corrected chi connectivity index (χ0v) is 11.0. The average Bonchev–Trinajstić information content (AvgIpc) is 2.74. The Kier molecular flexibility index (Phi) is 3.75. The van der Waals surface area contributed by atoms with Crippen molar-refractivity contribution in [1.82, 2.24) is 0 Å². The van der Waals surface area contributed by atoms with Gasteiger partial charge in [0.15, 0.2) is 5.78 Å². The SMILES string of the molecule is Cc1ccc(CCC(=O)c2sccc2C)cc1. The van der Waals surface area contributed by atoms with Crippen molar-refractivity contribution in [2.75, 3.05) is 0 Å². The second-order valence-corrected chi connectivity index (χ2v) is 5.26. The van der Waals surface area contributed by atoms with E-state index in [9.17, 15) is 4.79 Å². The van der Waals surface area contributed by atoms with Gasteiger partial charge in [0.2, 0.25) is 0 Å². The molecule has 1 heterocycles. The number of ketones is 1. The second-order valence-electron chi connectivity index (χ2n) is 4.34. The molecule has 0 aliphatic carbocycles. The van der Waals surface area contributed by atoms with E-state index in [-0.39, 0.29) is 5.78 Å². The lowest BCUT2D eigenvalue weighted by Gasteiger charge is -2.01. The lowest BCUT2D eigenvalue weighted by Crippen LogP contribution is -2.00. The van der Waals surface area contributed by atoms with E-state index in [0.29, 0.717) is 6.42 Å². The summed E-state index contributed by atoms with van der Waals surface area (Å²) in [6.45, 7) is 4.07. The van der Waals surface area contributed by atoms with Crippen LogP contribution in [0.4, 0.5) is 0 Å². The summed E-state index contributed by atoms with van der Waals surface area (Å²) >= 11 is 1.55. The van der Waals surface area contributed by atoms with Crippen molar-refractivity contribution in [3.8, 4) is 0 Å². The van der Waals surface area contributed by atoms with Crippen LogP contribution in [0.3, 0.4) is 0 Å². The standard InChI is InChI=1S/C15H16OS/c1-11-3-5-13(6-4-11)7-8-14(16)15-12(2)9-10-17-15/h3-6,9-10H,7-8H2,1-2H3. The van der Waals surface area contributed by atoms with Gasteiger partial charge in [0.25, 0.3) is 0 Å². The monoisotopic (exact) mass is 244 g/mol. The van der Waals surface area contributed by atoms with Crippen LogP contribution in [0.1, 0.15) is 32.8 Å². The van der Waals surface area contributed by atoms with Crippen LogP contribution in [0.2, 0.25) is 0 Å². The van der Waals surface area contributed by atoms with Crippen LogP contribution in [0.5, 0.6) is 0 Å². The van der Waals surface area contributed by atoms with E-state index in [1.165, 1.54) is 11.1 Å². The maximum atomic E-state index is 12.0. The molecular formula is C15H16OS. The van der Waals surface area contributed by atoms with Gasteiger partial charge in [-0.15, -0.1) is 11.3 Å². The van der Waals surface area contributed by atoms with Crippen molar-refractivity contribution in [2.24, 2.45) is 0 Å². The number of carbonyl (C=O) groups excluding carboxylic acids is 1. The topological polar surface area (TPSA) is 17.1 Å². The van der Waals surface area contributed by atoms with Gasteiger partial charge in [-0.1, -0.05) is 29.8 Å². The van der Waals surface area contributed by atoms with Gasteiger partial charge in [-0.2, -0.15) is 0 Å². The highest BCUT2D eigenvalue weighted by Gasteiger charge is 2.10. The van der Waals surface area contributed by atoms with Gasteiger partial charge in [-0.05, 0) is 42.8 Å².